The zero-order valence-corrected chi connectivity index (χ0v) is 18.1. The summed E-state index contributed by atoms with van der Waals surface area (Å²) in [5.41, 5.74) is 1.72. The van der Waals surface area contributed by atoms with E-state index in [-0.39, 0.29) is 30.4 Å². The molecule has 0 N–H and O–H groups in total. The van der Waals surface area contributed by atoms with E-state index in [9.17, 15) is 9.59 Å². The molecule has 0 aromatic heterocycles. The van der Waals surface area contributed by atoms with Gasteiger partial charge in [0.25, 0.3) is 0 Å². The lowest BCUT2D eigenvalue weighted by atomic mass is 9.91. The van der Waals surface area contributed by atoms with Crippen molar-refractivity contribution in [3.63, 3.8) is 0 Å². The van der Waals surface area contributed by atoms with Gasteiger partial charge in [0.2, 0.25) is 0 Å². The molecule has 4 rings (SSSR count). The van der Waals surface area contributed by atoms with Gasteiger partial charge in [-0.05, 0) is 56.0 Å². The van der Waals surface area contributed by atoms with Crippen LogP contribution in [0.1, 0.15) is 49.7 Å². The first-order chi connectivity index (χ1) is 14.0. The Balaban J connectivity index is 0.00000256. The molecule has 0 aliphatic carbocycles. The number of ether oxygens (including phenoxy) is 2. The summed E-state index contributed by atoms with van der Waals surface area (Å²) < 4.78 is 11.2. The van der Waals surface area contributed by atoms with Gasteiger partial charge in [0.05, 0.1) is 0 Å². The number of esters is 2. The number of carbonyl (C=O) groups is 2. The molecule has 30 heavy (non-hydrogen) atoms. The van der Waals surface area contributed by atoms with Crippen LogP contribution in [-0.2, 0) is 14.3 Å². The van der Waals surface area contributed by atoms with E-state index in [1.165, 1.54) is 19.8 Å². The Morgan fingerprint density at radius 3 is 2.07 bits per heavy atom. The molecular formula is C24H28ClNO4. The Kier molecular flexibility index (Phi) is 7.16. The molecule has 6 heteroatoms. The highest BCUT2D eigenvalue weighted by Gasteiger charge is 2.40. The van der Waals surface area contributed by atoms with Crippen molar-refractivity contribution < 1.29 is 19.1 Å². The third kappa shape index (κ3) is 4.85. The van der Waals surface area contributed by atoms with Gasteiger partial charge >= 0.3 is 11.9 Å². The van der Waals surface area contributed by atoms with Gasteiger partial charge in [-0.3, -0.25) is 9.59 Å². The van der Waals surface area contributed by atoms with Crippen molar-refractivity contribution in [3.05, 3.63) is 65.7 Å². The fourth-order valence-electron chi connectivity index (χ4n) is 4.69. The van der Waals surface area contributed by atoms with Crippen molar-refractivity contribution in [1.82, 2.24) is 4.90 Å². The fourth-order valence-corrected chi connectivity index (χ4v) is 4.69. The molecule has 5 nitrogen and oxygen atoms in total. The molecule has 2 heterocycles. The van der Waals surface area contributed by atoms with E-state index in [0.29, 0.717) is 17.8 Å². The quantitative estimate of drug-likeness (QED) is 0.523. The molecule has 0 saturated carbocycles. The van der Waals surface area contributed by atoms with Gasteiger partial charge in [0, 0.05) is 19.0 Å². The standard InChI is InChI=1S/C24H27NO4.ClH/c1-16(26)28-21-12-8-18(9-13-21)23(17-6-4-3-5-7-17)24(27)29-22-14-19-10-11-20(15-22)25(19)2;/h3-9,12-13,19-20,22-23H,10-11,14-15H2,1-2H3;1H. The average Bonchev–Trinajstić information content (AvgIpc) is 2.90. The van der Waals surface area contributed by atoms with Crippen LogP contribution in [0.3, 0.4) is 0 Å². The number of hydrogen-bond donors (Lipinski definition) is 0. The van der Waals surface area contributed by atoms with Gasteiger partial charge in [-0.2, -0.15) is 0 Å². The van der Waals surface area contributed by atoms with Crippen molar-refractivity contribution in [2.75, 3.05) is 7.05 Å². The largest absolute Gasteiger partial charge is 0.462 e. The molecule has 0 amide bonds. The smallest absolute Gasteiger partial charge is 0.318 e. The number of rotatable bonds is 5. The minimum Gasteiger partial charge on any atom is -0.462 e. The summed E-state index contributed by atoms with van der Waals surface area (Å²) in [5.74, 6) is -0.618. The average molecular weight is 430 g/mol. The van der Waals surface area contributed by atoms with E-state index < -0.39 is 5.92 Å². The Bertz CT molecular complexity index is 857. The molecule has 160 valence electrons. The first-order valence-electron chi connectivity index (χ1n) is 10.3. The van der Waals surface area contributed by atoms with Crippen LogP contribution in [-0.4, -0.2) is 42.1 Å². The number of hydrogen-bond acceptors (Lipinski definition) is 5. The van der Waals surface area contributed by atoms with Gasteiger partial charge in [-0.1, -0.05) is 42.5 Å². The number of fused-ring (bicyclic) bond motifs is 2. The van der Waals surface area contributed by atoms with Crippen molar-refractivity contribution in [2.24, 2.45) is 0 Å². The molecule has 3 atom stereocenters. The highest BCUT2D eigenvalue weighted by molar-refractivity contribution is 5.85. The zero-order valence-electron chi connectivity index (χ0n) is 17.3. The molecule has 2 saturated heterocycles. The maximum Gasteiger partial charge on any atom is 0.318 e. The van der Waals surface area contributed by atoms with Gasteiger partial charge in [-0.25, -0.2) is 0 Å². The Morgan fingerprint density at radius 2 is 1.50 bits per heavy atom. The van der Waals surface area contributed by atoms with Gasteiger partial charge in [-0.15, -0.1) is 12.4 Å². The van der Waals surface area contributed by atoms with Crippen LogP contribution < -0.4 is 4.74 Å². The second-order valence-electron chi connectivity index (χ2n) is 8.09. The first kappa shape index (κ1) is 22.3. The molecule has 2 aliphatic heterocycles. The molecular weight excluding hydrogens is 402 g/mol. The van der Waals surface area contributed by atoms with E-state index in [1.807, 2.05) is 42.5 Å². The number of benzene rings is 2. The number of carbonyl (C=O) groups excluding carboxylic acids is 2. The van der Waals surface area contributed by atoms with E-state index in [1.54, 1.807) is 12.1 Å². The van der Waals surface area contributed by atoms with Crippen LogP contribution in [0.4, 0.5) is 0 Å². The van der Waals surface area contributed by atoms with Crippen molar-refractivity contribution in [2.45, 2.75) is 56.7 Å². The third-order valence-corrected chi connectivity index (χ3v) is 6.18. The number of halogens is 1. The van der Waals surface area contributed by atoms with Crippen LogP contribution >= 0.6 is 12.4 Å². The summed E-state index contributed by atoms with van der Waals surface area (Å²) in [6.45, 7) is 1.37. The molecule has 3 unspecified atom stereocenters. The highest BCUT2D eigenvalue weighted by Crippen LogP contribution is 2.37. The van der Waals surface area contributed by atoms with E-state index in [2.05, 4.69) is 11.9 Å². The summed E-state index contributed by atoms with van der Waals surface area (Å²) in [6, 6.07) is 17.8. The van der Waals surface area contributed by atoms with Crippen molar-refractivity contribution in [3.8, 4) is 5.75 Å². The lowest BCUT2D eigenvalue weighted by Crippen LogP contribution is -2.43. The molecule has 2 bridgehead atoms. The summed E-state index contributed by atoms with van der Waals surface area (Å²) in [6.07, 6.45) is 4.17. The van der Waals surface area contributed by atoms with Crippen LogP contribution in [0.5, 0.6) is 5.75 Å². The maximum atomic E-state index is 13.3. The lowest BCUT2D eigenvalue weighted by Gasteiger charge is -2.36. The Labute approximate surface area is 183 Å². The van der Waals surface area contributed by atoms with Gasteiger partial charge < -0.3 is 14.4 Å². The monoisotopic (exact) mass is 429 g/mol. The summed E-state index contributed by atoms with van der Waals surface area (Å²) in [7, 11) is 2.18. The minimum absolute atomic E-state index is 0. The van der Waals surface area contributed by atoms with Crippen molar-refractivity contribution in [1.29, 1.82) is 0 Å². The topological polar surface area (TPSA) is 55.8 Å². The first-order valence-corrected chi connectivity index (χ1v) is 10.3. The SMILES string of the molecule is CC(=O)Oc1ccc(C(C(=O)OC2CC3CCC(C2)N3C)c2ccccc2)cc1.Cl. The molecule has 2 aliphatic rings. The molecule has 2 aromatic carbocycles. The Morgan fingerprint density at radius 1 is 0.933 bits per heavy atom. The van der Waals surface area contributed by atoms with Gasteiger partial charge in [0.15, 0.2) is 0 Å². The second-order valence-corrected chi connectivity index (χ2v) is 8.09. The van der Waals surface area contributed by atoms with Crippen molar-refractivity contribution >= 4 is 24.3 Å². The van der Waals surface area contributed by atoms with E-state index in [0.717, 1.165) is 24.0 Å². The van der Waals surface area contributed by atoms with Crippen LogP contribution in [0.15, 0.2) is 54.6 Å². The van der Waals surface area contributed by atoms with E-state index in [4.69, 9.17) is 9.47 Å². The summed E-state index contributed by atoms with van der Waals surface area (Å²) in [4.78, 5) is 26.9. The fraction of sp³-hybridized carbons (Fsp3) is 0.417. The summed E-state index contributed by atoms with van der Waals surface area (Å²) >= 11 is 0. The van der Waals surface area contributed by atoms with E-state index >= 15 is 0 Å². The van der Waals surface area contributed by atoms with Gasteiger partial charge in [0.1, 0.15) is 17.8 Å². The highest BCUT2D eigenvalue weighted by atomic mass is 35.5. The predicted molar refractivity (Wildman–Crippen MR) is 117 cm³/mol. The maximum absolute atomic E-state index is 13.3. The predicted octanol–water partition coefficient (Wildman–Crippen LogP) is 4.33. The number of piperidine rings is 1. The molecule has 0 spiro atoms. The lowest BCUT2D eigenvalue weighted by molar-refractivity contribution is -0.153. The van der Waals surface area contributed by atoms with Crippen LogP contribution in [0, 0.1) is 0 Å². The summed E-state index contributed by atoms with van der Waals surface area (Å²) in [5, 5.41) is 0. The third-order valence-electron chi connectivity index (χ3n) is 6.18. The Hall–Kier alpha value is -2.37. The van der Waals surface area contributed by atoms with Crippen LogP contribution in [0.25, 0.3) is 0 Å². The molecule has 2 fully saturated rings. The van der Waals surface area contributed by atoms with Crippen LogP contribution in [0.2, 0.25) is 0 Å². The second kappa shape index (κ2) is 9.63. The molecule has 0 radical (unpaired) electrons. The number of nitrogens with zero attached hydrogens (tertiary/aromatic N) is 1. The normalized spacial score (nSPS) is 23.9. The molecule has 2 aromatic rings. The minimum atomic E-state index is -0.500. The zero-order chi connectivity index (χ0) is 20.4.